The second-order valence-electron chi connectivity index (χ2n) is 6.07. The lowest BCUT2D eigenvalue weighted by molar-refractivity contribution is 0.234. The van der Waals surface area contributed by atoms with Gasteiger partial charge in [-0.1, -0.05) is 45.0 Å². The van der Waals surface area contributed by atoms with Crippen molar-refractivity contribution in [3.05, 3.63) is 34.6 Å². The van der Waals surface area contributed by atoms with Crippen LogP contribution in [0.15, 0.2) is 29.1 Å². The Morgan fingerprint density at radius 2 is 2.00 bits per heavy atom. The van der Waals surface area contributed by atoms with Crippen LogP contribution in [0.2, 0.25) is 0 Å². The minimum absolute atomic E-state index is 0.0444. The van der Waals surface area contributed by atoms with Gasteiger partial charge in [-0.15, -0.1) is 5.10 Å². The highest BCUT2D eigenvalue weighted by Gasteiger charge is 2.25. The molecule has 0 bridgehead atoms. The Kier molecular flexibility index (Phi) is 4.18. The molecule has 0 aliphatic heterocycles. The van der Waals surface area contributed by atoms with Gasteiger partial charge < -0.3 is 5.32 Å². The van der Waals surface area contributed by atoms with Gasteiger partial charge >= 0.3 is 0 Å². The van der Waals surface area contributed by atoms with E-state index in [-0.39, 0.29) is 17.0 Å². The highest BCUT2D eigenvalue weighted by molar-refractivity contribution is 5.76. The number of nitrogens with zero attached hydrogens (tertiary/aromatic N) is 3. The summed E-state index contributed by atoms with van der Waals surface area (Å²) in [7, 11) is 0. The van der Waals surface area contributed by atoms with E-state index in [0.29, 0.717) is 17.4 Å². The molecule has 0 saturated carbocycles. The molecule has 1 atom stereocenters. The van der Waals surface area contributed by atoms with Crippen LogP contribution in [0, 0.1) is 5.41 Å². The van der Waals surface area contributed by atoms with Crippen LogP contribution < -0.4 is 10.9 Å². The molecule has 1 aromatic heterocycles. The molecule has 0 spiro atoms. The first-order valence-corrected chi connectivity index (χ1v) is 6.99. The smallest absolute Gasteiger partial charge is 0.277 e. The van der Waals surface area contributed by atoms with Crippen LogP contribution in [-0.4, -0.2) is 27.6 Å². The fraction of sp³-hybridized carbons (Fsp3) is 0.533. The van der Waals surface area contributed by atoms with Crippen LogP contribution in [0.3, 0.4) is 0 Å². The number of rotatable bonds is 4. The second kappa shape index (κ2) is 5.71. The van der Waals surface area contributed by atoms with Gasteiger partial charge in [-0.25, -0.2) is 4.68 Å². The van der Waals surface area contributed by atoms with Crippen LogP contribution in [-0.2, 0) is 6.54 Å². The maximum absolute atomic E-state index is 12.4. The Hall–Kier alpha value is -1.75. The van der Waals surface area contributed by atoms with E-state index in [1.165, 1.54) is 4.68 Å². The highest BCUT2D eigenvalue weighted by atomic mass is 16.1. The van der Waals surface area contributed by atoms with Crippen molar-refractivity contribution in [1.29, 1.82) is 0 Å². The molecule has 2 rings (SSSR count). The lowest BCUT2D eigenvalue weighted by Crippen LogP contribution is -2.45. The van der Waals surface area contributed by atoms with E-state index in [1.807, 2.05) is 12.1 Å². The summed E-state index contributed by atoms with van der Waals surface area (Å²) < 4.78 is 1.46. The molecule has 20 heavy (non-hydrogen) atoms. The summed E-state index contributed by atoms with van der Waals surface area (Å²) in [4.78, 5) is 12.4. The predicted octanol–water partition coefficient (Wildman–Crippen LogP) is 1.82. The summed E-state index contributed by atoms with van der Waals surface area (Å²) in [6, 6.07) is 7.47. The van der Waals surface area contributed by atoms with Crippen LogP contribution >= 0.6 is 0 Å². The van der Waals surface area contributed by atoms with Crippen molar-refractivity contribution in [2.45, 2.75) is 40.3 Å². The molecule has 5 heteroatoms. The van der Waals surface area contributed by atoms with Gasteiger partial charge in [0.25, 0.3) is 5.56 Å². The molecule has 0 fully saturated rings. The summed E-state index contributed by atoms with van der Waals surface area (Å²) >= 11 is 0. The second-order valence-corrected chi connectivity index (χ2v) is 6.07. The summed E-state index contributed by atoms with van der Waals surface area (Å²) in [5.74, 6) is 0. The van der Waals surface area contributed by atoms with Crippen LogP contribution in [0.1, 0.15) is 27.7 Å². The van der Waals surface area contributed by atoms with Gasteiger partial charge in [-0.3, -0.25) is 4.79 Å². The number of aromatic nitrogens is 3. The zero-order chi connectivity index (χ0) is 14.8. The molecule has 1 unspecified atom stereocenters. The number of benzene rings is 1. The van der Waals surface area contributed by atoms with E-state index in [2.05, 4.69) is 43.3 Å². The maximum Gasteiger partial charge on any atom is 0.277 e. The molecule has 5 nitrogen and oxygen atoms in total. The predicted molar refractivity (Wildman–Crippen MR) is 80.7 cm³/mol. The first-order valence-electron chi connectivity index (χ1n) is 6.99. The topological polar surface area (TPSA) is 59.8 Å². The Morgan fingerprint density at radius 1 is 1.30 bits per heavy atom. The van der Waals surface area contributed by atoms with Crippen molar-refractivity contribution in [3.8, 4) is 0 Å². The van der Waals surface area contributed by atoms with Gasteiger partial charge in [0.15, 0.2) is 0 Å². The Labute approximate surface area is 119 Å². The molecule has 0 radical (unpaired) electrons. The molecule has 0 aliphatic carbocycles. The van der Waals surface area contributed by atoms with Gasteiger partial charge in [0, 0.05) is 6.04 Å². The van der Waals surface area contributed by atoms with Crippen LogP contribution in [0.5, 0.6) is 0 Å². The minimum Gasteiger partial charge on any atom is -0.312 e. The molecule has 0 amide bonds. The van der Waals surface area contributed by atoms with Crippen molar-refractivity contribution in [1.82, 2.24) is 20.3 Å². The SMILES string of the molecule is CCNC(Cn1nnc2ccccc2c1=O)C(C)(C)C. The van der Waals surface area contributed by atoms with Crippen LogP contribution in [0.4, 0.5) is 0 Å². The van der Waals surface area contributed by atoms with Crippen molar-refractivity contribution in [2.24, 2.45) is 5.41 Å². The third kappa shape index (κ3) is 3.04. The van der Waals surface area contributed by atoms with Crippen molar-refractivity contribution in [3.63, 3.8) is 0 Å². The number of nitrogens with one attached hydrogen (secondary N) is 1. The van der Waals surface area contributed by atoms with Gasteiger partial charge in [-0.2, -0.15) is 0 Å². The Balaban J connectivity index is 2.38. The molecule has 0 saturated heterocycles. The molecule has 1 N–H and O–H groups in total. The van der Waals surface area contributed by atoms with E-state index in [4.69, 9.17) is 0 Å². The Morgan fingerprint density at radius 3 is 2.65 bits per heavy atom. The maximum atomic E-state index is 12.4. The van der Waals surface area contributed by atoms with E-state index in [9.17, 15) is 4.79 Å². The van der Waals surface area contributed by atoms with Crippen molar-refractivity contribution < 1.29 is 0 Å². The average Bonchev–Trinajstić information content (AvgIpc) is 2.40. The molecule has 0 aliphatic rings. The standard InChI is InChI=1S/C15H22N4O/c1-5-16-13(15(2,3)4)10-19-14(20)11-8-6-7-9-12(11)17-18-19/h6-9,13,16H,5,10H2,1-4H3. The molecule has 1 aromatic carbocycles. The van der Waals surface area contributed by atoms with E-state index in [1.54, 1.807) is 12.1 Å². The third-order valence-corrected chi connectivity index (χ3v) is 3.48. The summed E-state index contributed by atoms with van der Waals surface area (Å²) in [5, 5.41) is 12.2. The number of fused-ring (bicyclic) bond motifs is 1. The molecular weight excluding hydrogens is 252 g/mol. The van der Waals surface area contributed by atoms with Crippen molar-refractivity contribution in [2.75, 3.05) is 6.54 Å². The van der Waals surface area contributed by atoms with E-state index < -0.39 is 0 Å². The average molecular weight is 274 g/mol. The number of hydrogen-bond donors (Lipinski definition) is 1. The van der Waals surface area contributed by atoms with Gasteiger partial charge in [0.1, 0.15) is 5.52 Å². The third-order valence-electron chi connectivity index (χ3n) is 3.48. The van der Waals surface area contributed by atoms with Gasteiger partial charge in [0.05, 0.1) is 11.9 Å². The minimum atomic E-state index is -0.0808. The quantitative estimate of drug-likeness (QED) is 0.924. The lowest BCUT2D eigenvalue weighted by Gasteiger charge is -2.31. The normalized spacial score (nSPS) is 13.6. The zero-order valence-corrected chi connectivity index (χ0v) is 12.6. The first kappa shape index (κ1) is 14.7. The first-order chi connectivity index (χ1) is 9.43. The van der Waals surface area contributed by atoms with E-state index in [0.717, 1.165) is 6.54 Å². The lowest BCUT2D eigenvalue weighted by atomic mass is 9.86. The number of hydrogen-bond acceptors (Lipinski definition) is 4. The summed E-state index contributed by atoms with van der Waals surface area (Å²) in [6.07, 6.45) is 0. The molecule has 1 heterocycles. The molecule has 108 valence electrons. The van der Waals surface area contributed by atoms with Crippen molar-refractivity contribution >= 4 is 10.9 Å². The summed E-state index contributed by atoms with van der Waals surface area (Å²) in [6.45, 7) is 9.90. The highest BCUT2D eigenvalue weighted by Crippen LogP contribution is 2.20. The van der Waals surface area contributed by atoms with Gasteiger partial charge in [0.2, 0.25) is 0 Å². The summed E-state index contributed by atoms with van der Waals surface area (Å²) in [5.41, 5.74) is 0.607. The largest absolute Gasteiger partial charge is 0.312 e. The van der Waals surface area contributed by atoms with E-state index >= 15 is 0 Å². The molecular formula is C15H22N4O. The number of likely N-dealkylation sites (N-methyl/N-ethyl adjacent to an activating group) is 1. The zero-order valence-electron chi connectivity index (χ0n) is 12.6. The fourth-order valence-electron chi connectivity index (χ4n) is 2.21. The Bertz CT molecular complexity index is 642. The monoisotopic (exact) mass is 274 g/mol. The van der Waals surface area contributed by atoms with Gasteiger partial charge in [-0.05, 0) is 24.1 Å². The fourth-order valence-corrected chi connectivity index (χ4v) is 2.21. The molecule has 2 aromatic rings. The van der Waals surface area contributed by atoms with Crippen LogP contribution in [0.25, 0.3) is 10.9 Å².